The van der Waals surface area contributed by atoms with Crippen molar-refractivity contribution >= 4 is 23.0 Å². The number of fused-ring (bicyclic) bond motifs is 1. The Kier molecular flexibility index (Phi) is 5.67. The summed E-state index contributed by atoms with van der Waals surface area (Å²) < 4.78 is 11.3. The van der Waals surface area contributed by atoms with Gasteiger partial charge in [0, 0.05) is 5.69 Å². The summed E-state index contributed by atoms with van der Waals surface area (Å²) in [7, 11) is 0. The van der Waals surface area contributed by atoms with E-state index < -0.39 is 0 Å². The van der Waals surface area contributed by atoms with Crippen molar-refractivity contribution in [1.82, 2.24) is 5.32 Å². The maximum atomic E-state index is 5.72. The van der Waals surface area contributed by atoms with E-state index in [2.05, 4.69) is 62.6 Å². The van der Waals surface area contributed by atoms with Gasteiger partial charge in [-0.05, 0) is 72.9 Å². The van der Waals surface area contributed by atoms with Gasteiger partial charge in [0.15, 0.2) is 16.6 Å². The molecule has 0 saturated carbocycles. The van der Waals surface area contributed by atoms with Crippen molar-refractivity contribution in [1.29, 1.82) is 0 Å². The van der Waals surface area contributed by atoms with E-state index in [4.69, 9.17) is 21.7 Å². The van der Waals surface area contributed by atoms with Gasteiger partial charge in [0.2, 0.25) is 0 Å². The second-order valence-corrected chi connectivity index (χ2v) is 7.51. The first-order valence-corrected chi connectivity index (χ1v) is 9.38. The fraction of sp³-hybridized carbons (Fsp3) is 0.381. The minimum absolute atomic E-state index is 0.0803. The molecule has 3 rings (SSSR count). The molecule has 0 aliphatic carbocycles. The lowest BCUT2D eigenvalue weighted by atomic mass is 9.95. The van der Waals surface area contributed by atoms with Crippen LogP contribution < -0.4 is 20.1 Å². The lowest BCUT2D eigenvalue weighted by molar-refractivity contribution is 0.171. The lowest BCUT2D eigenvalue weighted by Crippen LogP contribution is -2.35. The van der Waals surface area contributed by atoms with Crippen LogP contribution in [0.5, 0.6) is 11.5 Å². The molecule has 2 aromatic rings. The molecule has 5 heteroatoms. The number of rotatable bonds is 4. The third kappa shape index (κ3) is 4.47. The number of benzene rings is 2. The van der Waals surface area contributed by atoms with E-state index in [1.165, 1.54) is 11.1 Å². The molecule has 0 aromatic heterocycles. The largest absolute Gasteiger partial charge is 0.486 e. The van der Waals surface area contributed by atoms with Gasteiger partial charge in [0.1, 0.15) is 13.2 Å². The standard InChI is InChI=1S/C21H26N2O2S/c1-13(2)20(16-5-6-18-19(12-16)25-8-7-24-18)23-21(26)22-17-10-14(3)9-15(4)11-17/h5-6,9-13,20H,7-8H2,1-4H3,(H2,22,23,26)/t20-/m0/s1. The van der Waals surface area contributed by atoms with Gasteiger partial charge in [-0.15, -0.1) is 0 Å². The molecule has 4 nitrogen and oxygen atoms in total. The van der Waals surface area contributed by atoms with E-state index in [1.54, 1.807) is 0 Å². The Morgan fingerprint density at radius 2 is 1.62 bits per heavy atom. The molecule has 0 saturated heterocycles. The summed E-state index contributed by atoms with van der Waals surface area (Å²) >= 11 is 5.56. The third-order valence-electron chi connectivity index (χ3n) is 4.36. The maximum Gasteiger partial charge on any atom is 0.171 e. The second-order valence-electron chi connectivity index (χ2n) is 7.10. The molecule has 0 radical (unpaired) electrons. The average Bonchev–Trinajstić information content (AvgIpc) is 2.58. The van der Waals surface area contributed by atoms with Gasteiger partial charge in [-0.2, -0.15) is 0 Å². The van der Waals surface area contributed by atoms with Crippen LogP contribution in [0.15, 0.2) is 36.4 Å². The van der Waals surface area contributed by atoms with Crippen molar-refractivity contribution in [2.24, 2.45) is 5.92 Å². The minimum Gasteiger partial charge on any atom is -0.486 e. The molecule has 1 aliphatic heterocycles. The normalized spacial score (nSPS) is 14.0. The zero-order valence-corrected chi connectivity index (χ0v) is 16.6. The summed E-state index contributed by atoms with van der Waals surface area (Å²) in [6.45, 7) is 9.70. The van der Waals surface area contributed by atoms with Crippen molar-refractivity contribution in [3.63, 3.8) is 0 Å². The van der Waals surface area contributed by atoms with Crippen LogP contribution in [-0.2, 0) is 0 Å². The van der Waals surface area contributed by atoms with Crippen molar-refractivity contribution in [3.05, 3.63) is 53.1 Å². The van der Waals surface area contributed by atoms with Gasteiger partial charge >= 0.3 is 0 Å². The number of ether oxygens (including phenoxy) is 2. The Labute approximate surface area is 160 Å². The van der Waals surface area contributed by atoms with E-state index in [1.807, 2.05) is 12.1 Å². The van der Waals surface area contributed by atoms with Crippen molar-refractivity contribution in [3.8, 4) is 11.5 Å². The van der Waals surface area contributed by atoms with Crippen LogP contribution in [-0.4, -0.2) is 18.3 Å². The Bertz CT molecular complexity index is 784. The number of anilines is 1. The summed E-state index contributed by atoms with van der Waals surface area (Å²) in [4.78, 5) is 0. The molecular weight excluding hydrogens is 344 g/mol. The SMILES string of the molecule is Cc1cc(C)cc(NC(=S)N[C@H](c2ccc3c(c2)OCCO3)C(C)C)c1. The smallest absolute Gasteiger partial charge is 0.171 e. The van der Waals surface area contributed by atoms with Crippen LogP contribution in [0.4, 0.5) is 5.69 Å². The Hall–Kier alpha value is -2.27. The molecule has 1 atom stereocenters. The average molecular weight is 371 g/mol. The van der Waals surface area contributed by atoms with Gasteiger partial charge in [0.25, 0.3) is 0 Å². The minimum atomic E-state index is 0.0803. The van der Waals surface area contributed by atoms with Crippen molar-refractivity contribution in [2.45, 2.75) is 33.7 Å². The number of thiocarbonyl (C=S) groups is 1. The molecule has 0 unspecified atom stereocenters. The van der Waals surface area contributed by atoms with Gasteiger partial charge in [-0.1, -0.05) is 26.0 Å². The summed E-state index contributed by atoms with van der Waals surface area (Å²) in [6, 6.07) is 12.5. The number of hydrogen-bond donors (Lipinski definition) is 2. The van der Waals surface area contributed by atoms with Crippen LogP contribution >= 0.6 is 12.2 Å². The van der Waals surface area contributed by atoms with Gasteiger partial charge in [-0.3, -0.25) is 0 Å². The summed E-state index contributed by atoms with van der Waals surface area (Å²) in [5.41, 5.74) is 4.56. The summed E-state index contributed by atoms with van der Waals surface area (Å²) in [6.07, 6.45) is 0. The number of hydrogen-bond acceptors (Lipinski definition) is 3. The predicted molar refractivity (Wildman–Crippen MR) is 110 cm³/mol. The molecule has 0 bridgehead atoms. The quantitative estimate of drug-likeness (QED) is 0.760. The second kappa shape index (κ2) is 7.96. The lowest BCUT2D eigenvalue weighted by Gasteiger charge is -2.26. The predicted octanol–water partition coefficient (Wildman–Crippen LogP) is 4.76. The summed E-state index contributed by atoms with van der Waals surface area (Å²) in [5.74, 6) is 1.96. The molecule has 26 heavy (non-hydrogen) atoms. The Balaban J connectivity index is 1.75. The molecule has 2 N–H and O–H groups in total. The molecule has 138 valence electrons. The van der Waals surface area contributed by atoms with Gasteiger partial charge in [0.05, 0.1) is 6.04 Å². The highest BCUT2D eigenvalue weighted by Crippen LogP contribution is 2.34. The van der Waals surface area contributed by atoms with Crippen LogP contribution in [0.2, 0.25) is 0 Å². The fourth-order valence-corrected chi connectivity index (χ4v) is 3.49. The first-order chi connectivity index (χ1) is 12.4. The monoisotopic (exact) mass is 370 g/mol. The number of nitrogens with one attached hydrogen (secondary N) is 2. The van der Waals surface area contributed by atoms with Crippen molar-refractivity contribution < 1.29 is 9.47 Å². The van der Waals surface area contributed by atoms with E-state index in [0.29, 0.717) is 24.2 Å². The van der Waals surface area contributed by atoms with Crippen molar-refractivity contribution in [2.75, 3.05) is 18.5 Å². The molecule has 1 heterocycles. The van der Waals surface area contributed by atoms with Gasteiger partial charge in [-0.25, -0.2) is 0 Å². The van der Waals surface area contributed by atoms with Crippen LogP contribution in [0, 0.1) is 19.8 Å². The Morgan fingerprint density at radius 1 is 0.962 bits per heavy atom. The summed E-state index contributed by atoms with van der Waals surface area (Å²) in [5, 5.41) is 7.37. The zero-order chi connectivity index (χ0) is 18.7. The first-order valence-electron chi connectivity index (χ1n) is 8.98. The highest BCUT2D eigenvalue weighted by molar-refractivity contribution is 7.80. The molecular formula is C21H26N2O2S. The highest BCUT2D eigenvalue weighted by atomic mass is 32.1. The third-order valence-corrected chi connectivity index (χ3v) is 4.58. The van der Waals surface area contributed by atoms with E-state index >= 15 is 0 Å². The molecule has 1 aliphatic rings. The fourth-order valence-electron chi connectivity index (χ4n) is 3.24. The van der Waals surface area contributed by atoms with E-state index in [9.17, 15) is 0 Å². The molecule has 2 aromatic carbocycles. The van der Waals surface area contributed by atoms with Crippen LogP contribution in [0.3, 0.4) is 0 Å². The van der Waals surface area contributed by atoms with E-state index in [-0.39, 0.29) is 6.04 Å². The molecule has 0 amide bonds. The molecule has 0 spiro atoms. The van der Waals surface area contributed by atoms with Crippen LogP contribution in [0.25, 0.3) is 0 Å². The van der Waals surface area contributed by atoms with Crippen LogP contribution in [0.1, 0.15) is 36.6 Å². The number of aryl methyl sites for hydroxylation is 2. The highest BCUT2D eigenvalue weighted by Gasteiger charge is 2.20. The maximum absolute atomic E-state index is 5.72. The van der Waals surface area contributed by atoms with E-state index in [0.717, 1.165) is 22.7 Å². The molecule has 0 fully saturated rings. The van der Waals surface area contributed by atoms with Gasteiger partial charge < -0.3 is 20.1 Å². The zero-order valence-electron chi connectivity index (χ0n) is 15.8. The Morgan fingerprint density at radius 3 is 2.27 bits per heavy atom. The topological polar surface area (TPSA) is 42.5 Å². The first kappa shape index (κ1) is 18.5.